The molecule has 1 aliphatic rings. The molecule has 0 amide bonds. The second-order valence-corrected chi connectivity index (χ2v) is 4.88. The predicted octanol–water partition coefficient (Wildman–Crippen LogP) is 1.61. The van der Waals surface area contributed by atoms with Gasteiger partial charge in [-0.15, -0.1) is 0 Å². The van der Waals surface area contributed by atoms with E-state index >= 15 is 0 Å². The van der Waals surface area contributed by atoms with Gasteiger partial charge in [-0.3, -0.25) is 10.1 Å². The Morgan fingerprint density at radius 2 is 2.28 bits per heavy atom. The zero-order chi connectivity index (χ0) is 13.3. The third-order valence-electron chi connectivity index (χ3n) is 3.38. The normalized spacial score (nSPS) is 24.1. The van der Waals surface area contributed by atoms with Gasteiger partial charge in [0, 0.05) is 30.4 Å². The molecule has 2 atom stereocenters. The highest BCUT2D eigenvalue weighted by atomic mass is 16.6. The second kappa shape index (κ2) is 4.89. The van der Waals surface area contributed by atoms with Crippen molar-refractivity contribution >= 4 is 11.5 Å². The van der Waals surface area contributed by atoms with Crippen molar-refractivity contribution in [1.82, 2.24) is 4.98 Å². The van der Waals surface area contributed by atoms with E-state index in [0.717, 1.165) is 25.1 Å². The molecular weight excluding hydrogens is 232 g/mol. The first-order chi connectivity index (χ1) is 8.49. The van der Waals surface area contributed by atoms with Crippen LogP contribution in [0.3, 0.4) is 0 Å². The van der Waals surface area contributed by atoms with E-state index in [2.05, 4.69) is 4.98 Å². The number of hydrogen-bond acceptors (Lipinski definition) is 5. The summed E-state index contributed by atoms with van der Waals surface area (Å²) in [6, 6.07) is 3.56. The number of piperidine rings is 1. The number of hydrogen-bond donors (Lipinski definition) is 1. The lowest BCUT2D eigenvalue weighted by Gasteiger charge is -2.36. The molecule has 1 fully saturated rings. The highest BCUT2D eigenvalue weighted by Gasteiger charge is 2.29. The van der Waals surface area contributed by atoms with Gasteiger partial charge >= 0.3 is 5.69 Å². The molecule has 0 saturated carbocycles. The van der Waals surface area contributed by atoms with Crippen molar-refractivity contribution in [2.75, 3.05) is 11.4 Å². The smallest absolute Gasteiger partial charge is 0.311 e. The molecule has 0 aliphatic carbocycles. The van der Waals surface area contributed by atoms with Gasteiger partial charge in [-0.1, -0.05) is 0 Å². The Balaban J connectivity index is 2.37. The lowest BCUT2D eigenvalue weighted by molar-refractivity contribution is -0.384. The molecule has 2 rings (SSSR count). The highest BCUT2D eigenvalue weighted by molar-refractivity contribution is 5.59. The van der Waals surface area contributed by atoms with Crippen molar-refractivity contribution in [3.05, 3.63) is 27.9 Å². The van der Waals surface area contributed by atoms with Crippen molar-refractivity contribution in [2.24, 2.45) is 5.73 Å². The minimum absolute atomic E-state index is 0.0721. The summed E-state index contributed by atoms with van der Waals surface area (Å²) in [5, 5.41) is 11.1. The molecule has 1 aromatic heterocycles. The maximum atomic E-state index is 11.1. The van der Waals surface area contributed by atoms with Crippen LogP contribution in [0.25, 0.3) is 0 Å². The van der Waals surface area contributed by atoms with Gasteiger partial charge in [-0.05, 0) is 32.8 Å². The summed E-state index contributed by atoms with van der Waals surface area (Å²) in [4.78, 5) is 17.0. The topological polar surface area (TPSA) is 85.3 Å². The Morgan fingerprint density at radius 1 is 1.56 bits per heavy atom. The van der Waals surface area contributed by atoms with Gasteiger partial charge in [0.05, 0.1) is 4.92 Å². The Kier molecular flexibility index (Phi) is 3.47. The summed E-state index contributed by atoms with van der Waals surface area (Å²) in [6.45, 7) is 4.60. The van der Waals surface area contributed by atoms with Gasteiger partial charge < -0.3 is 10.6 Å². The number of aryl methyl sites for hydroxylation is 1. The fourth-order valence-electron chi connectivity index (χ4n) is 2.41. The molecule has 1 saturated heterocycles. The number of nitrogens with two attached hydrogens (primary N) is 1. The van der Waals surface area contributed by atoms with E-state index in [0.29, 0.717) is 5.82 Å². The van der Waals surface area contributed by atoms with Gasteiger partial charge in [0.1, 0.15) is 0 Å². The molecule has 0 spiro atoms. The summed E-state index contributed by atoms with van der Waals surface area (Å²) in [5.41, 5.74) is 6.77. The zero-order valence-corrected chi connectivity index (χ0v) is 10.7. The average molecular weight is 250 g/mol. The minimum Gasteiger partial charge on any atom is -0.348 e. The van der Waals surface area contributed by atoms with Gasteiger partial charge in [0.25, 0.3) is 0 Å². The standard InChI is InChI=1S/C12H18N4O2/c1-8-3-4-11(16(17)18)12(14-8)15-6-5-10(13)7-9(15)2/h3-4,9-10H,5-7,13H2,1-2H3. The first-order valence-corrected chi connectivity index (χ1v) is 6.13. The quantitative estimate of drug-likeness (QED) is 0.636. The monoisotopic (exact) mass is 250 g/mol. The van der Waals surface area contributed by atoms with Crippen molar-refractivity contribution < 1.29 is 4.92 Å². The van der Waals surface area contributed by atoms with E-state index in [1.165, 1.54) is 6.07 Å². The van der Waals surface area contributed by atoms with Crippen LogP contribution < -0.4 is 10.6 Å². The van der Waals surface area contributed by atoms with Crippen molar-refractivity contribution in [3.63, 3.8) is 0 Å². The molecule has 98 valence electrons. The van der Waals surface area contributed by atoms with Gasteiger partial charge in [-0.2, -0.15) is 0 Å². The van der Waals surface area contributed by atoms with E-state index in [4.69, 9.17) is 5.73 Å². The minimum atomic E-state index is -0.372. The van der Waals surface area contributed by atoms with Crippen LogP contribution in [0, 0.1) is 17.0 Å². The molecule has 18 heavy (non-hydrogen) atoms. The van der Waals surface area contributed by atoms with Gasteiger partial charge in [0.2, 0.25) is 5.82 Å². The molecule has 2 heterocycles. The Hall–Kier alpha value is -1.69. The zero-order valence-electron chi connectivity index (χ0n) is 10.7. The molecule has 1 aliphatic heterocycles. The van der Waals surface area contributed by atoms with Crippen molar-refractivity contribution in [2.45, 2.75) is 38.8 Å². The molecular formula is C12H18N4O2. The van der Waals surface area contributed by atoms with E-state index in [-0.39, 0.29) is 22.7 Å². The van der Waals surface area contributed by atoms with E-state index < -0.39 is 0 Å². The molecule has 1 aromatic rings. The van der Waals surface area contributed by atoms with Gasteiger partial charge in [-0.25, -0.2) is 4.98 Å². The summed E-state index contributed by atoms with van der Waals surface area (Å²) in [6.07, 6.45) is 1.68. The molecule has 0 aromatic carbocycles. The van der Waals surface area contributed by atoms with Crippen LogP contribution in [0.1, 0.15) is 25.5 Å². The van der Waals surface area contributed by atoms with Crippen LogP contribution in [0.5, 0.6) is 0 Å². The first-order valence-electron chi connectivity index (χ1n) is 6.13. The SMILES string of the molecule is Cc1ccc([N+](=O)[O-])c(N2CCC(N)CC2C)n1. The number of anilines is 1. The van der Waals surface area contributed by atoms with Crippen LogP contribution in [0.2, 0.25) is 0 Å². The number of aromatic nitrogens is 1. The van der Waals surface area contributed by atoms with Crippen LogP contribution in [-0.2, 0) is 0 Å². The molecule has 6 heteroatoms. The fourth-order valence-corrected chi connectivity index (χ4v) is 2.41. The van der Waals surface area contributed by atoms with Crippen LogP contribution in [-0.4, -0.2) is 28.5 Å². The molecule has 2 unspecified atom stereocenters. The summed E-state index contributed by atoms with van der Waals surface area (Å²) in [5.74, 6) is 0.472. The van der Waals surface area contributed by atoms with E-state index in [1.54, 1.807) is 6.07 Å². The van der Waals surface area contributed by atoms with Crippen molar-refractivity contribution in [3.8, 4) is 0 Å². The maximum absolute atomic E-state index is 11.1. The molecule has 2 N–H and O–H groups in total. The first kappa shape index (κ1) is 12.8. The Labute approximate surface area is 106 Å². The fraction of sp³-hybridized carbons (Fsp3) is 0.583. The molecule has 6 nitrogen and oxygen atoms in total. The maximum Gasteiger partial charge on any atom is 0.311 e. The molecule has 0 radical (unpaired) electrons. The molecule has 0 bridgehead atoms. The predicted molar refractivity (Wildman–Crippen MR) is 69.6 cm³/mol. The third-order valence-corrected chi connectivity index (χ3v) is 3.38. The van der Waals surface area contributed by atoms with Crippen LogP contribution in [0.15, 0.2) is 12.1 Å². The van der Waals surface area contributed by atoms with E-state index in [9.17, 15) is 10.1 Å². The largest absolute Gasteiger partial charge is 0.348 e. The van der Waals surface area contributed by atoms with Crippen LogP contribution in [0.4, 0.5) is 11.5 Å². The number of rotatable bonds is 2. The summed E-state index contributed by atoms with van der Waals surface area (Å²) >= 11 is 0. The van der Waals surface area contributed by atoms with Crippen molar-refractivity contribution in [1.29, 1.82) is 0 Å². The summed E-state index contributed by atoms with van der Waals surface area (Å²) in [7, 11) is 0. The Morgan fingerprint density at radius 3 is 2.89 bits per heavy atom. The van der Waals surface area contributed by atoms with Crippen LogP contribution >= 0.6 is 0 Å². The average Bonchev–Trinajstić information content (AvgIpc) is 2.28. The van der Waals surface area contributed by atoms with E-state index in [1.807, 2.05) is 18.7 Å². The lowest BCUT2D eigenvalue weighted by Crippen LogP contribution is -2.46. The second-order valence-electron chi connectivity index (χ2n) is 4.88. The summed E-state index contributed by atoms with van der Waals surface area (Å²) < 4.78 is 0. The lowest BCUT2D eigenvalue weighted by atomic mass is 9.99. The highest BCUT2D eigenvalue weighted by Crippen LogP contribution is 2.30. The van der Waals surface area contributed by atoms with Gasteiger partial charge in [0.15, 0.2) is 0 Å². The number of nitrogens with zero attached hydrogens (tertiary/aromatic N) is 3. The Bertz CT molecular complexity index is 463. The number of pyridine rings is 1. The number of nitro groups is 1. The third kappa shape index (κ3) is 2.43.